The van der Waals surface area contributed by atoms with Gasteiger partial charge in [0.15, 0.2) is 5.75 Å². The lowest BCUT2D eigenvalue weighted by Crippen LogP contribution is -2.37. The van der Waals surface area contributed by atoms with Gasteiger partial charge in [0, 0.05) is 19.6 Å². The summed E-state index contributed by atoms with van der Waals surface area (Å²) >= 11 is 0. The molecule has 1 unspecified atom stereocenters. The van der Waals surface area contributed by atoms with Crippen molar-refractivity contribution < 1.29 is 19.5 Å². The zero-order chi connectivity index (χ0) is 15.5. The minimum Gasteiger partial charge on any atom is -0.484 e. The van der Waals surface area contributed by atoms with Crippen LogP contribution in [0.4, 0.5) is 11.4 Å². The normalized spacial score (nSPS) is 21.5. The molecule has 21 heavy (non-hydrogen) atoms. The molecule has 1 saturated heterocycles. The highest BCUT2D eigenvalue weighted by molar-refractivity contribution is 5.68. The van der Waals surface area contributed by atoms with Crippen LogP contribution in [0.3, 0.4) is 0 Å². The van der Waals surface area contributed by atoms with E-state index in [1.165, 1.54) is 0 Å². The van der Waals surface area contributed by atoms with Crippen LogP contribution in [-0.4, -0.2) is 41.5 Å². The van der Waals surface area contributed by atoms with Crippen molar-refractivity contribution >= 4 is 11.4 Å². The summed E-state index contributed by atoms with van der Waals surface area (Å²) in [5.74, 6) is 0.217. The SMILES string of the molecule is CC(C)Oc1cccc(NCC2(O)CCOC2)c1[N+](=O)[O-]. The summed E-state index contributed by atoms with van der Waals surface area (Å²) in [5.41, 5.74) is -0.768. The summed E-state index contributed by atoms with van der Waals surface area (Å²) in [6.45, 7) is 4.54. The van der Waals surface area contributed by atoms with Gasteiger partial charge in [-0.15, -0.1) is 0 Å². The first kappa shape index (κ1) is 15.5. The molecule has 1 aliphatic heterocycles. The summed E-state index contributed by atoms with van der Waals surface area (Å²) < 4.78 is 10.6. The summed E-state index contributed by atoms with van der Waals surface area (Å²) in [7, 11) is 0. The van der Waals surface area contributed by atoms with Gasteiger partial charge in [-0.1, -0.05) is 6.07 Å². The van der Waals surface area contributed by atoms with Gasteiger partial charge in [-0.05, 0) is 26.0 Å². The van der Waals surface area contributed by atoms with Gasteiger partial charge in [0.1, 0.15) is 11.3 Å². The van der Waals surface area contributed by atoms with Gasteiger partial charge in [-0.25, -0.2) is 0 Å². The monoisotopic (exact) mass is 296 g/mol. The molecular weight excluding hydrogens is 276 g/mol. The molecule has 0 radical (unpaired) electrons. The van der Waals surface area contributed by atoms with Gasteiger partial charge in [-0.3, -0.25) is 10.1 Å². The molecule has 0 bridgehead atoms. The molecule has 0 aromatic heterocycles. The van der Waals surface area contributed by atoms with Crippen molar-refractivity contribution in [2.24, 2.45) is 0 Å². The van der Waals surface area contributed by atoms with Gasteiger partial charge in [0.25, 0.3) is 0 Å². The van der Waals surface area contributed by atoms with Crippen LogP contribution in [0.1, 0.15) is 20.3 Å². The van der Waals surface area contributed by atoms with Gasteiger partial charge >= 0.3 is 5.69 Å². The molecule has 0 spiro atoms. The molecule has 1 fully saturated rings. The number of hydrogen-bond acceptors (Lipinski definition) is 6. The molecule has 1 heterocycles. The second kappa shape index (κ2) is 6.28. The van der Waals surface area contributed by atoms with Gasteiger partial charge in [0.2, 0.25) is 0 Å². The number of aliphatic hydroxyl groups is 1. The van der Waals surface area contributed by atoms with Crippen LogP contribution < -0.4 is 10.1 Å². The van der Waals surface area contributed by atoms with E-state index in [9.17, 15) is 15.2 Å². The Labute approximate surface area is 123 Å². The van der Waals surface area contributed by atoms with Crippen LogP contribution in [-0.2, 0) is 4.74 Å². The molecule has 7 heteroatoms. The minimum absolute atomic E-state index is 0.117. The van der Waals surface area contributed by atoms with Crippen molar-refractivity contribution in [3.63, 3.8) is 0 Å². The van der Waals surface area contributed by atoms with E-state index in [-0.39, 0.29) is 30.7 Å². The number of ether oxygens (including phenoxy) is 2. The highest BCUT2D eigenvalue weighted by atomic mass is 16.6. The maximum absolute atomic E-state index is 11.3. The molecule has 1 aliphatic rings. The van der Waals surface area contributed by atoms with Crippen LogP contribution in [0, 0.1) is 10.1 Å². The zero-order valence-corrected chi connectivity index (χ0v) is 12.2. The van der Waals surface area contributed by atoms with Crippen molar-refractivity contribution in [3.05, 3.63) is 28.3 Å². The molecule has 2 rings (SSSR count). The molecule has 1 aromatic carbocycles. The van der Waals surface area contributed by atoms with Crippen molar-refractivity contribution in [1.82, 2.24) is 0 Å². The molecule has 0 saturated carbocycles. The lowest BCUT2D eigenvalue weighted by molar-refractivity contribution is -0.385. The van der Waals surface area contributed by atoms with E-state index in [0.717, 1.165) is 0 Å². The highest BCUT2D eigenvalue weighted by Gasteiger charge is 2.33. The van der Waals surface area contributed by atoms with E-state index in [1.807, 2.05) is 13.8 Å². The first-order chi connectivity index (χ1) is 9.91. The van der Waals surface area contributed by atoms with Gasteiger partial charge < -0.3 is 19.9 Å². The van der Waals surface area contributed by atoms with E-state index in [1.54, 1.807) is 18.2 Å². The number of rotatable bonds is 6. The molecule has 7 nitrogen and oxygen atoms in total. The Morgan fingerprint density at radius 1 is 1.57 bits per heavy atom. The Morgan fingerprint density at radius 2 is 2.33 bits per heavy atom. The summed E-state index contributed by atoms with van der Waals surface area (Å²) in [6.07, 6.45) is 0.349. The maximum atomic E-state index is 11.3. The first-order valence-corrected chi connectivity index (χ1v) is 6.89. The van der Waals surface area contributed by atoms with Gasteiger partial charge in [-0.2, -0.15) is 0 Å². The molecular formula is C14H20N2O5. The lowest BCUT2D eigenvalue weighted by atomic mass is 10.0. The van der Waals surface area contributed by atoms with Crippen LogP contribution in [0.5, 0.6) is 5.75 Å². The standard InChI is InChI=1S/C14H20N2O5/c1-10(2)21-12-5-3-4-11(13(12)16(18)19)15-8-14(17)6-7-20-9-14/h3-5,10,15,17H,6-9H2,1-2H3. The molecule has 0 aliphatic carbocycles. The Morgan fingerprint density at radius 3 is 2.90 bits per heavy atom. The van der Waals surface area contributed by atoms with E-state index in [0.29, 0.717) is 18.7 Å². The number of nitrogens with one attached hydrogen (secondary N) is 1. The Balaban J connectivity index is 2.19. The average molecular weight is 296 g/mol. The predicted molar refractivity (Wildman–Crippen MR) is 77.7 cm³/mol. The van der Waals surface area contributed by atoms with Crippen molar-refractivity contribution in [3.8, 4) is 5.75 Å². The number of anilines is 1. The third kappa shape index (κ3) is 3.83. The predicted octanol–water partition coefficient (Wildman–Crippen LogP) is 1.95. The van der Waals surface area contributed by atoms with E-state index < -0.39 is 10.5 Å². The second-order valence-electron chi connectivity index (χ2n) is 5.46. The van der Waals surface area contributed by atoms with Crippen LogP contribution >= 0.6 is 0 Å². The number of nitrogens with zero attached hydrogens (tertiary/aromatic N) is 1. The second-order valence-corrected chi connectivity index (χ2v) is 5.46. The summed E-state index contributed by atoms with van der Waals surface area (Å²) in [6, 6.07) is 4.85. The third-order valence-electron chi connectivity index (χ3n) is 3.23. The molecule has 116 valence electrons. The molecule has 2 N–H and O–H groups in total. The van der Waals surface area contributed by atoms with Crippen LogP contribution in [0.15, 0.2) is 18.2 Å². The van der Waals surface area contributed by atoms with E-state index in [4.69, 9.17) is 9.47 Å². The number of para-hydroxylation sites is 1. The van der Waals surface area contributed by atoms with E-state index >= 15 is 0 Å². The highest BCUT2D eigenvalue weighted by Crippen LogP contribution is 2.35. The number of hydrogen-bond donors (Lipinski definition) is 2. The quantitative estimate of drug-likeness (QED) is 0.615. The topological polar surface area (TPSA) is 93.9 Å². The molecule has 1 atom stereocenters. The zero-order valence-electron chi connectivity index (χ0n) is 12.2. The van der Waals surface area contributed by atoms with Crippen molar-refractivity contribution in [2.75, 3.05) is 25.1 Å². The van der Waals surface area contributed by atoms with E-state index in [2.05, 4.69) is 5.32 Å². The van der Waals surface area contributed by atoms with Gasteiger partial charge in [0.05, 0.1) is 17.6 Å². The Kier molecular flexibility index (Phi) is 4.64. The van der Waals surface area contributed by atoms with Crippen LogP contribution in [0.25, 0.3) is 0 Å². The number of benzene rings is 1. The third-order valence-corrected chi connectivity index (χ3v) is 3.23. The fourth-order valence-electron chi connectivity index (χ4n) is 2.20. The molecule has 0 amide bonds. The maximum Gasteiger partial charge on any atom is 0.333 e. The number of nitro groups is 1. The Hall–Kier alpha value is -1.86. The fourth-order valence-corrected chi connectivity index (χ4v) is 2.20. The molecule has 1 aromatic rings. The number of nitro benzene ring substituents is 1. The summed E-state index contributed by atoms with van der Waals surface area (Å²) in [5, 5.41) is 24.4. The minimum atomic E-state index is -0.983. The summed E-state index contributed by atoms with van der Waals surface area (Å²) in [4.78, 5) is 10.8. The fraction of sp³-hybridized carbons (Fsp3) is 0.571. The van der Waals surface area contributed by atoms with Crippen molar-refractivity contribution in [1.29, 1.82) is 0 Å². The Bertz CT molecular complexity index is 512. The lowest BCUT2D eigenvalue weighted by Gasteiger charge is -2.21. The van der Waals surface area contributed by atoms with Crippen LogP contribution in [0.2, 0.25) is 0 Å². The smallest absolute Gasteiger partial charge is 0.333 e. The first-order valence-electron chi connectivity index (χ1n) is 6.89. The largest absolute Gasteiger partial charge is 0.484 e. The van der Waals surface area contributed by atoms with Crippen molar-refractivity contribution in [2.45, 2.75) is 32.0 Å². The average Bonchev–Trinajstić information content (AvgIpc) is 2.83.